The third-order valence-corrected chi connectivity index (χ3v) is 5.79. The van der Waals surface area contributed by atoms with Crippen LogP contribution in [0.5, 0.6) is 5.75 Å². The second-order valence-corrected chi connectivity index (χ2v) is 7.03. The number of nitrogens with zero attached hydrogens (tertiary/aromatic N) is 1. The second-order valence-electron chi connectivity index (χ2n) is 5.86. The first kappa shape index (κ1) is 15.1. The summed E-state index contributed by atoms with van der Waals surface area (Å²) in [6, 6.07) is 13.0. The molecule has 0 saturated carbocycles. The van der Waals surface area contributed by atoms with Gasteiger partial charge in [0, 0.05) is 16.9 Å². The minimum absolute atomic E-state index is 0.0744. The fourth-order valence-electron chi connectivity index (χ4n) is 3.27. The summed E-state index contributed by atoms with van der Waals surface area (Å²) in [6.45, 7) is 1.98. The molecule has 0 unspecified atom stereocenters. The monoisotopic (exact) mass is 340 g/mol. The quantitative estimate of drug-likeness (QED) is 0.913. The zero-order valence-electron chi connectivity index (χ0n) is 13.3. The number of benzene rings is 2. The summed E-state index contributed by atoms with van der Waals surface area (Å²) in [6.07, 6.45) is 0. The van der Waals surface area contributed by atoms with Crippen molar-refractivity contribution in [3.63, 3.8) is 0 Å². The fraction of sp³-hybridized carbons (Fsp3) is 0.222. The number of hydrogen-bond donors (Lipinski definition) is 1. The lowest BCUT2D eigenvalue weighted by molar-refractivity contribution is -0.122. The lowest BCUT2D eigenvalue weighted by Gasteiger charge is -2.32. The molecule has 1 fully saturated rings. The number of anilines is 2. The van der Waals surface area contributed by atoms with Crippen LogP contribution in [0.1, 0.15) is 11.1 Å². The summed E-state index contributed by atoms with van der Waals surface area (Å²) >= 11 is 1.37. The number of carbonyl (C=O) groups is 2. The maximum atomic E-state index is 12.9. The van der Waals surface area contributed by atoms with Crippen molar-refractivity contribution in [2.24, 2.45) is 0 Å². The van der Waals surface area contributed by atoms with Crippen LogP contribution in [0.4, 0.5) is 11.4 Å². The number of amides is 2. The van der Waals surface area contributed by atoms with Crippen molar-refractivity contribution in [1.82, 2.24) is 0 Å². The summed E-state index contributed by atoms with van der Waals surface area (Å²) in [7, 11) is 1.59. The molecule has 2 amide bonds. The molecule has 1 spiro atoms. The molecule has 0 aliphatic carbocycles. The van der Waals surface area contributed by atoms with Crippen LogP contribution in [-0.4, -0.2) is 24.7 Å². The van der Waals surface area contributed by atoms with Crippen LogP contribution in [0.15, 0.2) is 42.5 Å². The van der Waals surface area contributed by atoms with Gasteiger partial charge in [-0.05, 0) is 37.3 Å². The Labute approximate surface area is 144 Å². The average Bonchev–Trinajstić information content (AvgIpc) is 3.07. The van der Waals surface area contributed by atoms with Gasteiger partial charge in [-0.15, -0.1) is 11.8 Å². The number of fused-ring (bicyclic) bond motifs is 2. The molecule has 1 saturated heterocycles. The molecule has 4 rings (SSSR count). The van der Waals surface area contributed by atoms with Crippen LogP contribution in [0.3, 0.4) is 0 Å². The van der Waals surface area contributed by atoms with Crippen molar-refractivity contribution in [2.75, 3.05) is 23.1 Å². The van der Waals surface area contributed by atoms with E-state index in [4.69, 9.17) is 4.74 Å². The summed E-state index contributed by atoms with van der Waals surface area (Å²) in [5, 5.41) is 2.92. The first-order valence-electron chi connectivity index (χ1n) is 7.60. The van der Waals surface area contributed by atoms with E-state index in [2.05, 4.69) is 5.32 Å². The van der Waals surface area contributed by atoms with Crippen LogP contribution in [-0.2, 0) is 14.5 Å². The van der Waals surface area contributed by atoms with Gasteiger partial charge in [-0.3, -0.25) is 14.5 Å². The number of ether oxygens (including phenoxy) is 1. The lowest BCUT2D eigenvalue weighted by atomic mass is 10.0. The van der Waals surface area contributed by atoms with Crippen molar-refractivity contribution in [3.8, 4) is 5.75 Å². The zero-order valence-corrected chi connectivity index (χ0v) is 14.1. The molecule has 2 aromatic carbocycles. The number of rotatable bonds is 2. The molecule has 1 N–H and O–H groups in total. The van der Waals surface area contributed by atoms with Gasteiger partial charge in [0.25, 0.3) is 5.91 Å². The van der Waals surface area contributed by atoms with E-state index < -0.39 is 4.87 Å². The largest absolute Gasteiger partial charge is 0.497 e. The van der Waals surface area contributed by atoms with E-state index in [0.29, 0.717) is 11.4 Å². The predicted molar refractivity (Wildman–Crippen MR) is 94.4 cm³/mol. The Hall–Kier alpha value is -2.47. The maximum Gasteiger partial charge on any atom is 0.266 e. The lowest BCUT2D eigenvalue weighted by Crippen LogP contribution is -2.47. The van der Waals surface area contributed by atoms with Crippen molar-refractivity contribution < 1.29 is 14.3 Å². The third kappa shape index (κ3) is 1.96. The summed E-state index contributed by atoms with van der Waals surface area (Å²) in [5.74, 6) is 0.732. The van der Waals surface area contributed by atoms with E-state index in [1.54, 1.807) is 24.1 Å². The highest BCUT2D eigenvalue weighted by Crippen LogP contribution is 2.53. The van der Waals surface area contributed by atoms with Crippen molar-refractivity contribution in [1.29, 1.82) is 0 Å². The second kappa shape index (κ2) is 5.27. The molecule has 0 radical (unpaired) electrons. The molecule has 5 nitrogen and oxygen atoms in total. The molecule has 2 aliphatic rings. The Morgan fingerprint density at radius 1 is 1.17 bits per heavy atom. The van der Waals surface area contributed by atoms with Crippen LogP contribution in [0, 0.1) is 6.92 Å². The van der Waals surface area contributed by atoms with Crippen molar-refractivity contribution >= 4 is 35.0 Å². The van der Waals surface area contributed by atoms with Gasteiger partial charge >= 0.3 is 0 Å². The first-order valence-corrected chi connectivity index (χ1v) is 8.58. The molecule has 2 aromatic rings. The Morgan fingerprint density at radius 3 is 2.62 bits per heavy atom. The van der Waals surface area contributed by atoms with E-state index >= 15 is 0 Å². The Bertz CT molecular complexity index is 850. The molecule has 24 heavy (non-hydrogen) atoms. The van der Waals surface area contributed by atoms with Gasteiger partial charge in [-0.1, -0.05) is 17.7 Å². The number of hydrogen-bond acceptors (Lipinski definition) is 4. The minimum atomic E-state index is -1.03. The normalized spacial score (nSPS) is 22.0. The highest BCUT2D eigenvalue weighted by molar-refractivity contribution is 8.02. The summed E-state index contributed by atoms with van der Waals surface area (Å²) < 4.78 is 5.18. The van der Waals surface area contributed by atoms with Gasteiger partial charge in [-0.2, -0.15) is 0 Å². The molecular weight excluding hydrogens is 324 g/mol. The van der Waals surface area contributed by atoms with Gasteiger partial charge in [0.1, 0.15) is 5.75 Å². The first-order chi connectivity index (χ1) is 11.6. The van der Waals surface area contributed by atoms with Crippen molar-refractivity contribution in [3.05, 3.63) is 53.6 Å². The van der Waals surface area contributed by atoms with Crippen LogP contribution < -0.4 is 15.0 Å². The smallest absolute Gasteiger partial charge is 0.266 e. The predicted octanol–water partition coefficient (Wildman–Crippen LogP) is 2.89. The van der Waals surface area contributed by atoms with Gasteiger partial charge in [0.15, 0.2) is 0 Å². The van der Waals surface area contributed by atoms with Gasteiger partial charge in [-0.25, -0.2) is 0 Å². The van der Waals surface area contributed by atoms with E-state index in [0.717, 1.165) is 16.8 Å². The van der Waals surface area contributed by atoms with Gasteiger partial charge < -0.3 is 10.1 Å². The van der Waals surface area contributed by atoms with Crippen LogP contribution in [0.25, 0.3) is 0 Å². The number of thioether (sulfide) groups is 1. The summed E-state index contributed by atoms with van der Waals surface area (Å²) in [5.41, 5.74) is 3.36. The van der Waals surface area contributed by atoms with E-state index in [9.17, 15) is 9.59 Å². The molecule has 6 heteroatoms. The zero-order chi connectivity index (χ0) is 16.9. The average molecular weight is 340 g/mol. The Kier molecular flexibility index (Phi) is 3.31. The van der Waals surface area contributed by atoms with E-state index in [1.807, 2.05) is 37.3 Å². The molecule has 0 aromatic heterocycles. The number of aryl methyl sites for hydroxylation is 1. The molecule has 2 heterocycles. The third-order valence-electron chi connectivity index (χ3n) is 4.40. The molecule has 1 atom stereocenters. The van der Waals surface area contributed by atoms with Crippen molar-refractivity contribution in [2.45, 2.75) is 11.8 Å². The molecule has 122 valence electrons. The minimum Gasteiger partial charge on any atom is -0.497 e. The highest BCUT2D eigenvalue weighted by Gasteiger charge is 2.58. The maximum absolute atomic E-state index is 12.9. The SMILES string of the molecule is COc1ccc(N2C(=O)CS[C@]23C(=O)Nc2ccc(C)cc23)cc1. The highest BCUT2D eigenvalue weighted by atomic mass is 32.2. The molecule has 0 bridgehead atoms. The number of nitrogens with one attached hydrogen (secondary N) is 1. The fourth-order valence-corrected chi connectivity index (χ4v) is 4.57. The number of carbonyl (C=O) groups excluding carboxylic acids is 2. The Morgan fingerprint density at radius 2 is 1.92 bits per heavy atom. The number of methoxy groups -OCH3 is 1. The van der Waals surface area contributed by atoms with Gasteiger partial charge in [0.2, 0.25) is 10.8 Å². The van der Waals surface area contributed by atoms with Gasteiger partial charge in [0.05, 0.1) is 12.9 Å². The molecule has 2 aliphatic heterocycles. The topological polar surface area (TPSA) is 58.6 Å². The summed E-state index contributed by atoms with van der Waals surface area (Å²) in [4.78, 5) is 26.1. The standard InChI is InChI=1S/C18H16N2O3S/c1-11-3-8-15-14(9-11)18(17(22)19-15)20(16(21)10-24-18)12-4-6-13(23-2)7-5-12/h3-9H,10H2,1-2H3,(H,19,22)/t18-/m1/s1. The molecular formula is C18H16N2O3S. The van der Waals surface area contributed by atoms with Crippen LogP contribution >= 0.6 is 11.8 Å². The van der Waals surface area contributed by atoms with E-state index in [1.165, 1.54) is 11.8 Å². The van der Waals surface area contributed by atoms with Crippen LogP contribution in [0.2, 0.25) is 0 Å². The Balaban J connectivity index is 1.88. The van der Waals surface area contributed by atoms with E-state index in [-0.39, 0.29) is 17.6 Å².